The molecule has 0 bridgehead atoms. The molecule has 0 atom stereocenters. The molecule has 1 amide bonds. The molecule has 5 nitrogen and oxygen atoms in total. The predicted molar refractivity (Wildman–Crippen MR) is 88.7 cm³/mol. The molecule has 1 N–H and O–H groups in total. The van der Waals surface area contributed by atoms with Crippen LogP contribution in [0.5, 0.6) is 17.2 Å². The van der Waals surface area contributed by atoms with E-state index in [1.54, 1.807) is 7.11 Å². The summed E-state index contributed by atoms with van der Waals surface area (Å²) in [6.45, 7) is -2.63. The van der Waals surface area contributed by atoms with Crippen molar-refractivity contribution < 1.29 is 27.8 Å². The van der Waals surface area contributed by atoms with Gasteiger partial charge in [0.2, 0.25) is 0 Å². The van der Waals surface area contributed by atoms with Crippen LogP contribution in [0.25, 0.3) is 0 Å². The quantitative estimate of drug-likeness (QED) is 0.793. The second-order valence-electron chi connectivity index (χ2n) is 5.06. The van der Waals surface area contributed by atoms with Crippen molar-refractivity contribution in [3.63, 3.8) is 0 Å². The van der Waals surface area contributed by atoms with Gasteiger partial charge in [0.05, 0.1) is 14.2 Å². The number of hydrogen-bond donors (Lipinski definition) is 1. The van der Waals surface area contributed by atoms with E-state index in [4.69, 9.17) is 9.47 Å². The fraction of sp³-hybridized carbons (Fsp3) is 0.278. The van der Waals surface area contributed by atoms with Gasteiger partial charge in [-0.1, -0.05) is 18.2 Å². The van der Waals surface area contributed by atoms with Gasteiger partial charge in [0.25, 0.3) is 5.91 Å². The summed E-state index contributed by atoms with van der Waals surface area (Å²) in [7, 11) is 2.92. The normalized spacial score (nSPS) is 10.4. The summed E-state index contributed by atoms with van der Waals surface area (Å²) in [6.07, 6.45) is 0.576. The summed E-state index contributed by atoms with van der Waals surface area (Å²) in [6, 6.07) is 11.6. The zero-order valence-electron chi connectivity index (χ0n) is 13.9. The Hall–Kier alpha value is -2.83. The molecule has 2 aromatic carbocycles. The van der Waals surface area contributed by atoms with Crippen molar-refractivity contribution in [1.82, 2.24) is 5.32 Å². The molecule has 2 rings (SSSR count). The zero-order valence-corrected chi connectivity index (χ0v) is 13.9. The van der Waals surface area contributed by atoms with E-state index in [0.717, 1.165) is 11.3 Å². The predicted octanol–water partition coefficient (Wildman–Crippen LogP) is 3.28. The second kappa shape index (κ2) is 8.86. The first-order valence-corrected chi connectivity index (χ1v) is 7.58. The first-order chi connectivity index (χ1) is 12.0. The maximum atomic E-state index is 12.4. The molecule has 0 unspecified atom stereocenters. The molecule has 0 saturated carbocycles. The first kappa shape index (κ1) is 18.5. The van der Waals surface area contributed by atoms with Crippen LogP contribution in [-0.2, 0) is 6.42 Å². The molecule has 7 heteroatoms. The highest BCUT2D eigenvalue weighted by atomic mass is 19.3. The van der Waals surface area contributed by atoms with E-state index in [2.05, 4.69) is 10.1 Å². The van der Waals surface area contributed by atoms with E-state index in [1.807, 2.05) is 24.3 Å². The van der Waals surface area contributed by atoms with Gasteiger partial charge in [-0.15, -0.1) is 0 Å². The van der Waals surface area contributed by atoms with Crippen LogP contribution in [0.1, 0.15) is 15.9 Å². The lowest BCUT2D eigenvalue weighted by Crippen LogP contribution is -2.25. The molecule has 0 aromatic heterocycles. The average Bonchev–Trinajstić information content (AvgIpc) is 2.61. The van der Waals surface area contributed by atoms with Crippen LogP contribution in [0.3, 0.4) is 0 Å². The number of carbonyl (C=O) groups is 1. The summed E-state index contributed by atoms with van der Waals surface area (Å²) < 4.78 is 39.5. The van der Waals surface area contributed by atoms with Gasteiger partial charge < -0.3 is 19.5 Å². The molecular weight excluding hydrogens is 332 g/mol. The molecule has 25 heavy (non-hydrogen) atoms. The number of alkyl halides is 2. The molecule has 0 saturated heterocycles. The van der Waals surface area contributed by atoms with Gasteiger partial charge in [0.1, 0.15) is 5.75 Å². The van der Waals surface area contributed by atoms with Crippen molar-refractivity contribution in [1.29, 1.82) is 0 Å². The number of amides is 1. The molecule has 2 aromatic rings. The van der Waals surface area contributed by atoms with E-state index in [-0.39, 0.29) is 17.1 Å². The standard InChI is InChI=1S/C18H19F2NO4/c1-23-14-6-4-3-5-12(14)9-10-21-17(22)13-7-8-15(24-2)16(11-13)25-18(19)20/h3-8,11,18H,9-10H2,1-2H3,(H,21,22). The summed E-state index contributed by atoms with van der Waals surface area (Å²) in [5.41, 5.74) is 1.17. The van der Waals surface area contributed by atoms with Gasteiger partial charge in [-0.05, 0) is 36.2 Å². The number of halogens is 2. The van der Waals surface area contributed by atoms with Crippen LogP contribution in [0.15, 0.2) is 42.5 Å². The number of methoxy groups -OCH3 is 2. The lowest BCUT2D eigenvalue weighted by Gasteiger charge is -2.12. The molecule has 0 spiro atoms. The van der Waals surface area contributed by atoms with Gasteiger partial charge in [-0.2, -0.15) is 8.78 Å². The van der Waals surface area contributed by atoms with Gasteiger partial charge in [-0.3, -0.25) is 4.79 Å². The van der Waals surface area contributed by atoms with Crippen molar-refractivity contribution in [3.05, 3.63) is 53.6 Å². The Morgan fingerprint density at radius 1 is 1.04 bits per heavy atom. The van der Waals surface area contributed by atoms with Gasteiger partial charge in [0, 0.05) is 12.1 Å². The Balaban J connectivity index is 2.00. The van der Waals surface area contributed by atoms with Crippen LogP contribution >= 0.6 is 0 Å². The monoisotopic (exact) mass is 351 g/mol. The van der Waals surface area contributed by atoms with Crippen molar-refractivity contribution in [2.75, 3.05) is 20.8 Å². The third-order valence-corrected chi connectivity index (χ3v) is 3.51. The number of hydrogen-bond acceptors (Lipinski definition) is 4. The van der Waals surface area contributed by atoms with Crippen molar-refractivity contribution >= 4 is 5.91 Å². The Labute approximate surface area is 144 Å². The fourth-order valence-corrected chi connectivity index (χ4v) is 2.33. The Morgan fingerprint density at radius 3 is 2.44 bits per heavy atom. The molecule has 0 aliphatic heterocycles. The summed E-state index contributed by atoms with van der Waals surface area (Å²) in [4.78, 5) is 12.2. The third-order valence-electron chi connectivity index (χ3n) is 3.51. The Kier molecular flexibility index (Phi) is 6.56. The van der Waals surface area contributed by atoms with Crippen LogP contribution in [0, 0.1) is 0 Å². The average molecular weight is 351 g/mol. The van der Waals surface area contributed by atoms with E-state index in [1.165, 1.54) is 25.3 Å². The van der Waals surface area contributed by atoms with Gasteiger partial charge in [0.15, 0.2) is 11.5 Å². The number of carbonyl (C=O) groups excluding carboxylic acids is 1. The highest BCUT2D eigenvalue weighted by Crippen LogP contribution is 2.29. The van der Waals surface area contributed by atoms with Gasteiger partial charge >= 0.3 is 6.61 Å². The molecular formula is C18H19F2NO4. The minimum Gasteiger partial charge on any atom is -0.496 e. The maximum absolute atomic E-state index is 12.4. The van der Waals surface area contributed by atoms with E-state index in [0.29, 0.717) is 13.0 Å². The first-order valence-electron chi connectivity index (χ1n) is 7.58. The lowest BCUT2D eigenvalue weighted by atomic mass is 10.1. The summed E-state index contributed by atoms with van der Waals surface area (Å²) in [5, 5.41) is 2.74. The molecule has 0 radical (unpaired) electrons. The third kappa shape index (κ3) is 5.07. The Morgan fingerprint density at radius 2 is 1.76 bits per heavy atom. The molecule has 0 heterocycles. The molecule has 134 valence electrons. The van der Waals surface area contributed by atoms with Gasteiger partial charge in [-0.25, -0.2) is 0 Å². The lowest BCUT2D eigenvalue weighted by molar-refractivity contribution is -0.0512. The summed E-state index contributed by atoms with van der Waals surface area (Å²) >= 11 is 0. The van der Waals surface area contributed by atoms with Crippen molar-refractivity contribution in [2.24, 2.45) is 0 Å². The molecule has 0 fully saturated rings. The SMILES string of the molecule is COc1ccccc1CCNC(=O)c1ccc(OC)c(OC(F)F)c1. The number of rotatable bonds is 8. The van der Waals surface area contributed by atoms with E-state index < -0.39 is 12.5 Å². The van der Waals surface area contributed by atoms with Crippen LogP contribution in [0.2, 0.25) is 0 Å². The molecule has 0 aliphatic carbocycles. The highest BCUT2D eigenvalue weighted by molar-refractivity contribution is 5.94. The second-order valence-corrected chi connectivity index (χ2v) is 5.06. The van der Waals surface area contributed by atoms with E-state index >= 15 is 0 Å². The van der Waals surface area contributed by atoms with Crippen LogP contribution in [-0.4, -0.2) is 33.3 Å². The highest BCUT2D eigenvalue weighted by Gasteiger charge is 2.14. The molecule has 0 aliphatic rings. The zero-order chi connectivity index (χ0) is 18.2. The largest absolute Gasteiger partial charge is 0.496 e. The van der Waals surface area contributed by atoms with Crippen LogP contribution in [0.4, 0.5) is 8.78 Å². The smallest absolute Gasteiger partial charge is 0.387 e. The maximum Gasteiger partial charge on any atom is 0.387 e. The topological polar surface area (TPSA) is 56.8 Å². The number of benzene rings is 2. The number of nitrogens with one attached hydrogen (secondary N) is 1. The minimum absolute atomic E-state index is 0.130. The van der Waals surface area contributed by atoms with Crippen molar-refractivity contribution in [3.8, 4) is 17.2 Å². The van der Waals surface area contributed by atoms with Crippen LogP contribution < -0.4 is 19.5 Å². The Bertz CT molecular complexity index is 722. The number of ether oxygens (including phenoxy) is 3. The minimum atomic E-state index is -3.00. The van der Waals surface area contributed by atoms with E-state index in [9.17, 15) is 13.6 Å². The number of para-hydroxylation sites is 1. The summed E-state index contributed by atoms with van der Waals surface area (Å²) in [5.74, 6) is 0.297. The fourth-order valence-electron chi connectivity index (χ4n) is 2.33. The van der Waals surface area contributed by atoms with Crippen molar-refractivity contribution in [2.45, 2.75) is 13.0 Å².